The van der Waals surface area contributed by atoms with Crippen LogP contribution in [0.1, 0.15) is 46.8 Å². The number of benzene rings is 2. The van der Waals surface area contributed by atoms with Gasteiger partial charge in [-0.05, 0) is 55.1 Å². The van der Waals surface area contributed by atoms with Gasteiger partial charge in [-0.25, -0.2) is 4.79 Å². The molecule has 23 heavy (non-hydrogen) atoms. The average molecular weight is 334 g/mol. The number of aromatic carboxylic acids is 1. The molecule has 2 aromatic carbocycles. The molecule has 4 heteroatoms. The van der Waals surface area contributed by atoms with Crippen molar-refractivity contribution in [3.8, 4) is 0 Å². The van der Waals surface area contributed by atoms with Gasteiger partial charge in [-0.1, -0.05) is 55.3 Å². The molecule has 2 rings (SSSR count). The summed E-state index contributed by atoms with van der Waals surface area (Å²) < 4.78 is 0. The lowest BCUT2D eigenvalue weighted by Crippen LogP contribution is -2.03. The summed E-state index contributed by atoms with van der Waals surface area (Å²) in [5.41, 5.74) is 8.34. The largest absolute Gasteiger partial charge is 0.478 e. The predicted molar refractivity (Wildman–Crippen MR) is 96.4 cm³/mol. The molecule has 3 N–H and O–H groups in total. The van der Waals surface area contributed by atoms with Crippen LogP contribution in [-0.2, 0) is 6.42 Å². The number of carboxylic acid groups (broad SMARTS) is 1. The van der Waals surface area contributed by atoms with Crippen LogP contribution in [0.4, 0.5) is 0 Å². The summed E-state index contributed by atoms with van der Waals surface area (Å²) in [6, 6.07) is 12.7. The Bertz CT molecular complexity index is 639. The second-order valence-electron chi connectivity index (χ2n) is 5.31. The molecule has 124 valence electrons. The molecule has 0 radical (unpaired) electrons. The van der Waals surface area contributed by atoms with Gasteiger partial charge in [-0.15, -0.1) is 0 Å². The van der Waals surface area contributed by atoms with E-state index in [9.17, 15) is 4.79 Å². The highest BCUT2D eigenvalue weighted by Crippen LogP contribution is 2.22. The fourth-order valence-electron chi connectivity index (χ4n) is 2.14. The third-order valence-corrected chi connectivity index (χ3v) is 3.98. The van der Waals surface area contributed by atoms with Crippen LogP contribution in [0.3, 0.4) is 0 Å². The fourth-order valence-corrected chi connectivity index (χ4v) is 2.33. The molecule has 0 amide bonds. The zero-order chi connectivity index (χ0) is 17.2. The van der Waals surface area contributed by atoms with Gasteiger partial charge in [-0.2, -0.15) is 0 Å². The number of rotatable bonds is 5. The monoisotopic (exact) mass is 333 g/mol. The summed E-state index contributed by atoms with van der Waals surface area (Å²) >= 11 is 6.07. The van der Waals surface area contributed by atoms with Gasteiger partial charge in [0.2, 0.25) is 0 Å². The first-order chi connectivity index (χ1) is 11.0. The van der Waals surface area contributed by atoms with E-state index in [4.69, 9.17) is 22.4 Å². The zero-order valence-corrected chi connectivity index (χ0v) is 14.4. The molecule has 0 spiro atoms. The molecule has 0 heterocycles. The molecule has 0 aromatic heterocycles. The van der Waals surface area contributed by atoms with E-state index in [1.54, 1.807) is 12.1 Å². The third kappa shape index (κ3) is 6.05. The molecule has 0 aliphatic heterocycles. The van der Waals surface area contributed by atoms with Crippen molar-refractivity contribution < 1.29 is 9.90 Å². The van der Waals surface area contributed by atoms with E-state index in [2.05, 4.69) is 6.92 Å². The van der Waals surface area contributed by atoms with Gasteiger partial charge >= 0.3 is 5.97 Å². The Morgan fingerprint density at radius 3 is 2.35 bits per heavy atom. The number of carbonyl (C=O) groups is 1. The Labute approximate surface area is 143 Å². The van der Waals surface area contributed by atoms with Crippen molar-refractivity contribution in [2.45, 2.75) is 33.1 Å². The number of hydrogen-bond donors (Lipinski definition) is 2. The van der Waals surface area contributed by atoms with Crippen molar-refractivity contribution in [3.05, 3.63) is 69.7 Å². The maximum absolute atomic E-state index is 11.1. The molecule has 2 aromatic rings. The van der Waals surface area contributed by atoms with Crippen LogP contribution < -0.4 is 5.73 Å². The van der Waals surface area contributed by atoms with E-state index in [1.165, 1.54) is 12.8 Å². The number of hydrogen-bond acceptors (Lipinski definition) is 2. The van der Waals surface area contributed by atoms with Crippen molar-refractivity contribution in [3.63, 3.8) is 0 Å². The molecule has 0 aliphatic rings. The highest BCUT2D eigenvalue weighted by atomic mass is 35.5. The Morgan fingerprint density at radius 2 is 1.78 bits per heavy atom. The Kier molecular flexibility index (Phi) is 8.38. The highest BCUT2D eigenvalue weighted by Gasteiger charge is 2.11. The van der Waals surface area contributed by atoms with Crippen LogP contribution in [0.25, 0.3) is 0 Å². The number of halogens is 1. The van der Waals surface area contributed by atoms with Gasteiger partial charge in [0, 0.05) is 5.02 Å². The van der Waals surface area contributed by atoms with Crippen LogP contribution >= 0.6 is 11.6 Å². The topological polar surface area (TPSA) is 63.3 Å². The van der Waals surface area contributed by atoms with E-state index in [-0.39, 0.29) is 0 Å². The summed E-state index contributed by atoms with van der Waals surface area (Å²) in [5.74, 6) is -0.898. The Balaban J connectivity index is 0.000000463. The molecule has 0 aliphatic carbocycles. The molecule has 0 bridgehead atoms. The van der Waals surface area contributed by atoms with Crippen LogP contribution in [0, 0.1) is 6.92 Å². The molecular formula is C19H24ClNO2. The van der Waals surface area contributed by atoms with Crippen molar-refractivity contribution in [1.82, 2.24) is 0 Å². The zero-order valence-electron chi connectivity index (χ0n) is 13.7. The van der Waals surface area contributed by atoms with Gasteiger partial charge in [-0.3, -0.25) is 0 Å². The first-order valence-electron chi connectivity index (χ1n) is 7.76. The summed E-state index contributed by atoms with van der Waals surface area (Å²) in [7, 11) is 0. The van der Waals surface area contributed by atoms with Gasteiger partial charge in [0.15, 0.2) is 0 Å². The van der Waals surface area contributed by atoms with E-state index in [0.717, 1.165) is 23.2 Å². The quantitative estimate of drug-likeness (QED) is 0.834. The first kappa shape index (κ1) is 19.2. The minimum absolute atomic E-state index is 0.344. The minimum Gasteiger partial charge on any atom is -0.478 e. The van der Waals surface area contributed by atoms with Crippen molar-refractivity contribution >= 4 is 17.6 Å². The standard InChI is InChI=1S/C15H13ClO2.C4H11N/c1-10-11(6-4-8-14(10)16)9-12-5-2-3-7-13(12)15(17)18;1-2-3-4-5/h2-8H,9H2,1H3,(H,17,18);2-5H2,1H3. The summed E-state index contributed by atoms with van der Waals surface area (Å²) in [5, 5.41) is 9.85. The van der Waals surface area contributed by atoms with Crippen molar-refractivity contribution in [1.29, 1.82) is 0 Å². The molecule has 0 saturated carbocycles. The van der Waals surface area contributed by atoms with Crippen LogP contribution in [0.2, 0.25) is 5.02 Å². The minimum atomic E-state index is -0.898. The Morgan fingerprint density at radius 1 is 1.13 bits per heavy atom. The number of unbranched alkanes of at least 4 members (excludes halogenated alkanes) is 1. The first-order valence-corrected chi connectivity index (χ1v) is 8.14. The summed E-state index contributed by atoms with van der Waals surface area (Å²) in [4.78, 5) is 11.1. The van der Waals surface area contributed by atoms with Crippen LogP contribution in [0.15, 0.2) is 42.5 Å². The predicted octanol–water partition coefficient (Wildman–Crippen LogP) is 4.68. The summed E-state index contributed by atoms with van der Waals surface area (Å²) in [6.07, 6.45) is 2.96. The average Bonchev–Trinajstić information content (AvgIpc) is 2.53. The maximum Gasteiger partial charge on any atom is 0.335 e. The SMILES string of the molecule is CCCCN.Cc1c(Cl)cccc1Cc1ccccc1C(=O)O. The lowest BCUT2D eigenvalue weighted by atomic mass is 9.97. The van der Waals surface area contributed by atoms with Crippen LogP contribution in [-0.4, -0.2) is 17.6 Å². The van der Waals surface area contributed by atoms with E-state index in [0.29, 0.717) is 17.0 Å². The van der Waals surface area contributed by atoms with E-state index < -0.39 is 5.97 Å². The normalized spacial score (nSPS) is 9.91. The smallest absolute Gasteiger partial charge is 0.335 e. The molecule has 0 unspecified atom stereocenters. The second-order valence-corrected chi connectivity index (χ2v) is 5.71. The fraction of sp³-hybridized carbons (Fsp3) is 0.316. The van der Waals surface area contributed by atoms with Gasteiger partial charge < -0.3 is 10.8 Å². The molecular weight excluding hydrogens is 310 g/mol. The van der Waals surface area contributed by atoms with Gasteiger partial charge in [0.25, 0.3) is 0 Å². The van der Waals surface area contributed by atoms with E-state index in [1.807, 2.05) is 37.3 Å². The van der Waals surface area contributed by atoms with Crippen LogP contribution in [0.5, 0.6) is 0 Å². The Hall–Kier alpha value is -1.84. The highest BCUT2D eigenvalue weighted by molar-refractivity contribution is 6.31. The summed E-state index contributed by atoms with van der Waals surface area (Å²) in [6.45, 7) is 4.92. The third-order valence-electron chi connectivity index (χ3n) is 3.57. The lowest BCUT2D eigenvalue weighted by molar-refractivity contribution is 0.0696. The molecule has 0 saturated heterocycles. The maximum atomic E-state index is 11.1. The number of carboxylic acids is 1. The van der Waals surface area contributed by atoms with E-state index >= 15 is 0 Å². The molecule has 0 fully saturated rings. The molecule has 3 nitrogen and oxygen atoms in total. The lowest BCUT2D eigenvalue weighted by Gasteiger charge is -2.09. The molecule has 0 atom stereocenters. The van der Waals surface area contributed by atoms with Crippen molar-refractivity contribution in [2.24, 2.45) is 5.73 Å². The number of nitrogens with two attached hydrogens (primary N) is 1. The second kappa shape index (κ2) is 10.0. The van der Waals surface area contributed by atoms with Crippen molar-refractivity contribution in [2.75, 3.05) is 6.54 Å². The van der Waals surface area contributed by atoms with Gasteiger partial charge in [0.05, 0.1) is 5.56 Å². The van der Waals surface area contributed by atoms with Gasteiger partial charge in [0.1, 0.15) is 0 Å².